The van der Waals surface area contributed by atoms with Crippen molar-refractivity contribution in [3.05, 3.63) is 53.1 Å². The van der Waals surface area contributed by atoms with Gasteiger partial charge in [0.05, 0.1) is 11.4 Å². The number of carbonyl (C=O) groups excluding carboxylic acids is 1. The first-order valence-corrected chi connectivity index (χ1v) is 7.71. The Morgan fingerprint density at radius 1 is 1.36 bits per heavy atom. The summed E-state index contributed by atoms with van der Waals surface area (Å²) in [5, 5.41) is 4.49. The molecule has 0 N–H and O–H groups in total. The number of hydrogen-bond acceptors (Lipinski definition) is 3. The summed E-state index contributed by atoms with van der Waals surface area (Å²) in [6, 6.07) is 3.75. The van der Waals surface area contributed by atoms with E-state index >= 15 is 0 Å². The molecule has 0 amide bonds. The van der Waals surface area contributed by atoms with Crippen molar-refractivity contribution in [2.75, 3.05) is 0 Å². The maximum Gasteiger partial charge on any atom is 0.271 e. The number of nitrogens with zero attached hydrogens (tertiary/aromatic N) is 3. The molecule has 0 bridgehead atoms. The van der Waals surface area contributed by atoms with Gasteiger partial charge in [0, 0.05) is 24.0 Å². The Kier molecular flexibility index (Phi) is 2.68. The van der Waals surface area contributed by atoms with Crippen LogP contribution in [0.15, 0.2) is 30.6 Å². The van der Waals surface area contributed by atoms with E-state index in [0.29, 0.717) is 17.3 Å². The molecule has 112 valence electrons. The van der Waals surface area contributed by atoms with E-state index in [1.807, 2.05) is 25.1 Å². The van der Waals surface area contributed by atoms with Crippen LogP contribution in [0.2, 0.25) is 0 Å². The largest absolute Gasteiger partial charge is 0.271 e. The van der Waals surface area contributed by atoms with Crippen LogP contribution in [0.3, 0.4) is 0 Å². The first kappa shape index (κ1) is 13.4. The Morgan fingerprint density at radius 3 is 2.82 bits per heavy atom. The lowest BCUT2D eigenvalue weighted by Gasteiger charge is -2.09. The lowest BCUT2D eigenvalue weighted by molar-refractivity contribution is 0.0951. The van der Waals surface area contributed by atoms with Gasteiger partial charge in [0.1, 0.15) is 0 Å². The van der Waals surface area contributed by atoms with Gasteiger partial charge in [-0.05, 0) is 54.4 Å². The van der Waals surface area contributed by atoms with E-state index in [-0.39, 0.29) is 5.91 Å². The lowest BCUT2D eigenvalue weighted by Crippen LogP contribution is -2.14. The molecule has 0 aliphatic heterocycles. The number of fused-ring (bicyclic) bond motifs is 3. The molecule has 4 heteroatoms. The van der Waals surface area contributed by atoms with Crippen molar-refractivity contribution in [1.82, 2.24) is 14.8 Å². The molecule has 1 saturated carbocycles. The zero-order valence-electron chi connectivity index (χ0n) is 13.1. The molecule has 0 aromatic carbocycles. The average molecular weight is 293 g/mol. The Balaban J connectivity index is 1.63. The number of allylic oxidation sites excluding steroid dienone is 1. The molecule has 4 rings (SSSR count). The van der Waals surface area contributed by atoms with Gasteiger partial charge < -0.3 is 0 Å². The van der Waals surface area contributed by atoms with Gasteiger partial charge in [-0.25, -0.2) is 4.68 Å². The van der Waals surface area contributed by atoms with E-state index in [9.17, 15) is 4.79 Å². The number of carbonyl (C=O) groups is 1. The van der Waals surface area contributed by atoms with Gasteiger partial charge in [-0.15, -0.1) is 0 Å². The second-order valence-corrected chi connectivity index (χ2v) is 6.92. The predicted molar refractivity (Wildman–Crippen MR) is 84.6 cm³/mol. The molecule has 2 atom stereocenters. The third kappa shape index (κ3) is 1.79. The second-order valence-electron chi connectivity index (χ2n) is 6.92. The average Bonchev–Trinajstić information content (AvgIpc) is 2.86. The normalized spacial score (nSPS) is 24.3. The molecule has 22 heavy (non-hydrogen) atoms. The molecule has 2 aliphatic carbocycles. The summed E-state index contributed by atoms with van der Waals surface area (Å²) in [5.74, 6) is 1.20. The minimum absolute atomic E-state index is 0.0692. The zero-order chi connectivity index (χ0) is 15.5. The van der Waals surface area contributed by atoms with E-state index in [1.54, 1.807) is 23.2 Å². The minimum Gasteiger partial charge on any atom is -0.267 e. The van der Waals surface area contributed by atoms with Crippen molar-refractivity contribution < 1.29 is 4.79 Å². The Bertz CT molecular complexity index is 786. The molecule has 2 heterocycles. The third-order valence-corrected chi connectivity index (χ3v) is 5.31. The summed E-state index contributed by atoms with van der Waals surface area (Å²) >= 11 is 0. The monoisotopic (exact) mass is 293 g/mol. The van der Waals surface area contributed by atoms with Crippen LogP contribution in [0.1, 0.15) is 47.1 Å². The van der Waals surface area contributed by atoms with Crippen molar-refractivity contribution in [1.29, 1.82) is 0 Å². The number of rotatable bonds is 2. The second kappa shape index (κ2) is 4.38. The highest BCUT2D eigenvalue weighted by molar-refractivity contribution is 5.93. The van der Waals surface area contributed by atoms with Gasteiger partial charge in [0.2, 0.25) is 0 Å². The topological polar surface area (TPSA) is 47.8 Å². The predicted octanol–water partition coefficient (Wildman–Crippen LogP) is 3.24. The molecule has 2 aromatic rings. The van der Waals surface area contributed by atoms with Gasteiger partial charge >= 0.3 is 0 Å². The molecular weight excluding hydrogens is 274 g/mol. The molecule has 0 saturated heterocycles. The van der Waals surface area contributed by atoms with Crippen LogP contribution < -0.4 is 0 Å². The quantitative estimate of drug-likeness (QED) is 0.799. The third-order valence-electron chi connectivity index (χ3n) is 5.31. The fourth-order valence-corrected chi connectivity index (χ4v) is 3.99. The zero-order valence-corrected chi connectivity index (χ0v) is 13.1. The number of pyridine rings is 1. The minimum atomic E-state index is -0.0692. The Hall–Kier alpha value is -2.23. The van der Waals surface area contributed by atoms with Crippen molar-refractivity contribution in [2.45, 2.75) is 33.1 Å². The molecule has 0 spiro atoms. The molecule has 1 fully saturated rings. The highest BCUT2D eigenvalue weighted by Crippen LogP contribution is 2.70. The van der Waals surface area contributed by atoms with Crippen LogP contribution in [-0.4, -0.2) is 20.7 Å². The van der Waals surface area contributed by atoms with Crippen LogP contribution in [0, 0.1) is 18.3 Å². The standard InChI is InChI=1S/C18H19N3O/c1-11-16-14(10-13-17(16)18(13,2)3)21(20-11)15(22)5-4-12-6-8-19-9-7-12/h4-9,13,17H,10H2,1-3H3/b5-4+/t13-,17-/m1/s1. The molecular formula is C18H19N3O. The van der Waals surface area contributed by atoms with Crippen LogP contribution in [0.4, 0.5) is 0 Å². The van der Waals surface area contributed by atoms with Gasteiger partial charge in [0.25, 0.3) is 5.91 Å². The van der Waals surface area contributed by atoms with Crippen LogP contribution in [0.25, 0.3) is 6.08 Å². The highest BCUT2D eigenvalue weighted by atomic mass is 16.2. The van der Waals surface area contributed by atoms with Crippen molar-refractivity contribution >= 4 is 12.0 Å². The van der Waals surface area contributed by atoms with Gasteiger partial charge in [-0.3, -0.25) is 9.78 Å². The van der Waals surface area contributed by atoms with Crippen LogP contribution in [0.5, 0.6) is 0 Å². The summed E-state index contributed by atoms with van der Waals surface area (Å²) in [4.78, 5) is 16.4. The Morgan fingerprint density at radius 2 is 2.09 bits per heavy atom. The van der Waals surface area contributed by atoms with Crippen LogP contribution in [-0.2, 0) is 6.42 Å². The Labute approximate surface area is 129 Å². The summed E-state index contributed by atoms with van der Waals surface area (Å²) in [7, 11) is 0. The maximum absolute atomic E-state index is 12.5. The summed E-state index contributed by atoms with van der Waals surface area (Å²) in [5.41, 5.74) is 4.80. The van der Waals surface area contributed by atoms with E-state index in [2.05, 4.69) is 23.9 Å². The fourth-order valence-electron chi connectivity index (χ4n) is 3.99. The number of aryl methyl sites for hydroxylation is 1. The molecule has 0 radical (unpaired) electrons. The molecule has 2 aromatic heterocycles. The first-order chi connectivity index (χ1) is 10.5. The number of aromatic nitrogens is 3. The number of hydrogen-bond donors (Lipinski definition) is 0. The molecule has 0 unspecified atom stereocenters. The van der Waals surface area contributed by atoms with E-state index in [0.717, 1.165) is 23.4 Å². The van der Waals surface area contributed by atoms with Crippen LogP contribution >= 0.6 is 0 Å². The van der Waals surface area contributed by atoms with Gasteiger partial charge in [0.15, 0.2) is 0 Å². The molecule has 4 nitrogen and oxygen atoms in total. The molecule has 2 aliphatic rings. The maximum atomic E-state index is 12.5. The van der Waals surface area contributed by atoms with Crippen molar-refractivity contribution in [2.24, 2.45) is 11.3 Å². The summed E-state index contributed by atoms with van der Waals surface area (Å²) in [6.07, 6.45) is 7.82. The highest BCUT2D eigenvalue weighted by Gasteiger charge is 2.63. The fraction of sp³-hybridized carbons (Fsp3) is 0.389. The van der Waals surface area contributed by atoms with E-state index < -0.39 is 0 Å². The van der Waals surface area contributed by atoms with Gasteiger partial charge in [-0.2, -0.15) is 5.10 Å². The van der Waals surface area contributed by atoms with Crippen molar-refractivity contribution in [3.8, 4) is 0 Å². The van der Waals surface area contributed by atoms with Crippen molar-refractivity contribution in [3.63, 3.8) is 0 Å². The SMILES string of the molecule is Cc1nn(C(=O)/C=C/c2ccncc2)c2c1[C@H]1[C@@H](C2)C1(C)C. The van der Waals surface area contributed by atoms with Gasteiger partial charge in [-0.1, -0.05) is 13.8 Å². The summed E-state index contributed by atoms with van der Waals surface area (Å²) < 4.78 is 1.60. The van der Waals surface area contributed by atoms with E-state index in [4.69, 9.17) is 0 Å². The lowest BCUT2D eigenvalue weighted by atomic mass is 9.98. The van der Waals surface area contributed by atoms with E-state index in [1.165, 1.54) is 5.56 Å². The first-order valence-electron chi connectivity index (χ1n) is 7.71. The smallest absolute Gasteiger partial charge is 0.267 e. The summed E-state index contributed by atoms with van der Waals surface area (Å²) in [6.45, 7) is 6.65.